The molecule has 3 aliphatic rings. The molecule has 0 radical (unpaired) electrons. The summed E-state index contributed by atoms with van der Waals surface area (Å²) in [7, 11) is 1.43. The second kappa shape index (κ2) is 6.53. The highest BCUT2D eigenvalue weighted by atomic mass is 16.5. The number of ether oxygens (including phenoxy) is 2. The van der Waals surface area contributed by atoms with E-state index in [2.05, 4.69) is 5.10 Å². The molecule has 1 heterocycles. The fourth-order valence-electron chi connectivity index (χ4n) is 4.20. The molecule has 8 heteroatoms. The smallest absolute Gasteiger partial charge is 0.341 e. The molecular formula is C19H18N2O6. The van der Waals surface area contributed by atoms with E-state index in [0.29, 0.717) is 11.3 Å². The van der Waals surface area contributed by atoms with Gasteiger partial charge in [0.1, 0.15) is 0 Å². The Bertz CT molecular complexity index is 847. The SMILES string of the molecule is COc1cccc(C=NN2C(=O)[C@@H]3[C@H](C2=O)[C@H]2C=C[C@H]3C2)c1OCC(=O)O. The lowest BCUT2D eigenvalue weighted by Gasteiger charge is -2.13. The number of amides is 2. The number of carbonyl (C=O) groups excluding carboxylic acids is 2. The van der Waals surface area contributed by atoms with E-state index in [9.17, 15) is 14.4 Å². The summed E-state index contributed by atoms with van der Waals surface area (Å²) in [6.07, 6.45) is 6.22. The van der Waals surface area contributed by atoms with Crippen molar-refractivity contribution in [3.8, 4) is 11.5 Å². The predicted octanol–water partition coefficient (Wildman–Crippen LogP) is 1.30. The van der Waals surface area contributed by atoms with Crippen LogP contribution in [0.4, 0.5) is 0 Å². The zero-order valence-corrected chi connectivity index (χ0v) is 14.6. The predicted molar refractivity (Wildman–Crippen MR) is 93.3 cm³/mol. The Labute approximate surface area is 155 Å². The van der Waals surface area contributed by atoms with E-state index in [1.54, 1.807) is 18.2 Å². The number of carbonyl (C=O) groups is 3. The second-order valence-electron chi connectivity index (χ2n) is 6.79. The van der Waals surface area contributed by atoms with Crippen LogP contribution in [0.3, 0.4) is 0 Å². The van der Waals surface area contributed by atoms with Crippen molar-refractivity contribution in [2.75, 3.05) is 13.7 Å². The van der Waals surface area contributed by atoms with Crippen molar-refractivity contribution in [3.05, 3.63) is 35.9 Å². The first kappa shape index (κ1) is 17.3. The molecule has 0 aromatic heterocycles. The Morgan fingerprint density at radius 1 is 1.26 bits per heavy atom. The van der Waals surface area contributed by atoms with Crippen LogP contribution in [-0.4, -0.2) is 47.8 Å². The van der Waals surface area contributed by atoms with Crippen molar-refractivity contribution in [2.45, 2.75) is 6.42 Å². The topological polar surface area (TPSA) is 106 Å². The maximum Gasteiger partial charge on any atom is 0.341 e. The third-order valence-corrected chi connectivity index (χ3v) is 5.33. The van der Waals surface area contributed by atoms with Crippen LogP contribution < -0.4 is 9.47 Å². The van der Waals surface area contributed by atoms with Crippen LogP contribution in [0.5, 0.6) is 11.5 Å². The number of carboxylic acids is 1. The van der Waals surface area contributed by atoms with Crippen LogP contribution >= 0.6 is 0 Å². The minimum Gasteiger partial charge on any atom is -0.493 e. The van der Waals surface area contributed by atoms with Crippen molar-refractivity contribution in [3.63, 3.8) is 0 Å². The quantitative estimate of drug-likeness (QED) is 0.460. The van der Waals surface area contributed by atoms with E-state index in [1.165, 1.54) is 13.3 Å². The molecule has 1 saturated heterocycles. The third kappa shape index (κ3) is 2.77. The molecule has 1 saturated carbocycles. The van der Waals surface area contributed by atoms with E-state index in [0.717, 1.165) is 11.4 Å². The van der Waals surface area contributed by atoms with Gasteiger partial charge in [0.15, 0.2) is 18.1 Å². The first-order valence-corrected chi connectivity index (χ1v) is 8.63. The minimum atomic E-state index is -1.13. The molecular weight excluding hydrogens is 352 g/mol. The molecule has 140 valence electrons. The van der Waals surface area contributed by atoms with Gasteiger partial charge in [-0.2, -0.15) is 10.1 Å². The summed E-state index contributed by atoms with van der Waals surface area (Å²) in [6.45, 7) is -0.554. The van der Waals surface area contributed by atoms with Crippen molar-refractivity contribution in [2.24, 2.45) is 28.8 Å². The van der Waals surface area contributed by atoms with E-state index in [1.807, 2.05) is 12.2 Å². The molecule has 2 aliphatic carbocycles. The van der Waals surface area contributed by atoms with E-state index in [4.69, 9.17) is 14.6 Å². The number of allylic oxidation sites excluding steroid dienone is 2. The molecule has 0 spiro atoms. The molecule has 4 atom stereocenters. The third-order valence-electron chi connectivity index (χ3n) is 5.33. The van der Waals surface area contributed by atoms with Crippen LogP contribution in [-0.2, 0) is 14.4 Å². The number of hydrogen-bond donors (Lipinski definition) is 1. The Hall–Kier alpha value is -3.16. The molecule has 0 unspecified atom stereocenters. The maximum absolute atomic E-state index is 12.7. The number of methoxy groups -OCH3 is 1. The van der Waals surface area contributed by atoms with Crippen LogP contribution in [0.1, 0.15) is 12.0 Å². The normalized spacial score (nSPS) is 28.3. The highest BCUT2D eigenvalue weighted by molar-refractivity contribution is 6.07. The fourth-order valence-corrected chi connectivity index (χ4v) is 4.20. The average Bonchev–Trinajstić information content (AvgIpc) is 3.33. The first-order valence-electron chi connectivity index (χ1n) is 8.63. The molecule has 1 N–H and O–H groups in total. The van der Waals surface area contributed by atoms with Gasteiger partial charge in [-0.25, -0.2) is 4.79 Å². The number of para-hydroxylation sites is 1. The molecule has 1 aromatic rings. The Morgan fingerprint density at radius 3 is 2.52 bits per heavy atom. The highest BCUT2D eigenvalue weighted by Crippen LogP contribution is 2.52. The number of hydrogen-bond acceptors (Lipinski definition) is 6. The van der Waals surface area contributed by atoms with Crippen molar-refractivity contribution in [1.82, 2.24) is 5.01 Å². The number of aliphatic carboxylic acids is 1. The molecule has 4 rings (SSSR count). The van der Waals surface area contributed by atoms with E-state index >= 15 is 0 Å². The van der Waals surface area contributed by atoms with Gasteiger partial charge in [0, 0.05) is 5.56 Å². The Kier molecular flexibility index (Phi) is 4.18. The number of fused-ring (bicyclic) bond motifs is 5. The Balaban J connectivity index is 1.59. The summed E-state index contributed by atoms with van der Waals surface area (Å²) >= 11 is 0. The minimum absolute atomic E-state index is 0.114. The molecule has 2 fully saturated rings. The first-order chi connectivity index (χ1) is 13.0. The number of benzene rings is 1. The van der Waals surface area contributed by atoms with Crippen molar-refractivity contribution in [1.29, 1.82) is 0 Å². The number of hydrazone groups is 1. The van der Waals surface area contributed by atoms with Gasteiger partial charge >= 0.3 is 5.97 Å². The number of carboxylic acid groups (broad SMARTS) is 1. The highest BCUT2D eigenvalue weighted by Gasteiger charge is 2.59. The largest absolute Gasteiger partial charge is 0.493 e. The lowest BCUT2D eigenvalue weighted by Crippen LogP contribution is -2.28. The van der Waals surface area contributed by atoms with E-state index < -0.39 is 12.6 Å². The van der Waals surface area contributed by atoms with Crippen molar-refractivity contribution < 1.29 is 29.0 Å². The fraction of sp³-hybridized carbons (Fsp3) is 0.368. The summed E-state index contributed by atoms with van der Waals surface area (Å²) in [5, 5.41) is 13.9. The summed E-state index contributed by atoms with van der Waals surface area (Å²) in [5.41, 5.74) is 0.411. The molecule has 2 bridgehead atoms. The van der Waals surface area contributed by atoms with Crippen LogP contribution in [0, 0.1) is 23.7 Å². The second-order valence-corrected chi connectivity index (χ2v) is 6.79. The number of imide groups is 1. The van der Waals surface area contributed by atoms with Crippen LogP contribution in [0.25, 0.3) is 0 Å². The average molecular weight is 370 g/mol. The van der Waals surface area contributed by atoms with Gasteiger partial charge in [-0.3, -0.25) is 9.59 Å². The summed E-state index contributed by atoms with van der Waals surface area (Å²) in [6, 6.07) is 4.94. The molecule has 1 aromatic carbocycles. The summed E-state index contributed by atoms with van der Waals surface area (Å²) in [5.74, 6) is -1.60. The molecule has 2 amide bonds. The van der Waals surface area contributed by atoms with Gasteiger partial charge in [-0.15, -0.1) is 0 Å². The van der Waals surface area contributed by atoms with Gasteiger partial charge in [0.05, 0.1) is 25.2 Å². The molecule has 1 aliphatic heterocycles. The van der Waals surface area contributed by atoms with Gasteiger partial charge in [-0.05, 0) is 30.4 Å². The van der Waals surface area contributed by atoms with Gasteiger partial charge in [0.25, 0.3) is 11.8 Å². The van der Waals surface area contributed by atoms with Gasteiger partial charge in [-0.1, -0.05) is 18.2 Å². The van der Waals surface area contributed by atoms with E-state index in [-0.39, 0.29) is 41.2 Å². The standard InChI is InChI=1S/C19H18N2O6/c1-26-13-4-2-3-12(17(13)27-9-14(22)23)8-20-21-18(24)15-10-5-6-11(7-10)16(15)19(21)25/h2-6,8,10-11,15-16H,7,9H2,1H3,(H,22,23)/t10-,11-,15-,16+/m0/s1. The van der Waals surface area contributed by atoms with Gasteiger partial charge < -0.3 is 14.6 Å². The summed E-state index contributed by atoms with van der Waals surface area (Å²) < 4.78 is 10.5. The molecule has 27 heavy (non-hydrogen) atoms. The lowest BCUT2D eigenvalue weighted by atomic mass is 9.85. The Morgan fingerprint density at radius 2 is 1.93 bits per heavy atom. The molecule has 8 nitrogen and oxygen atoms in total. The lowest BCUT2D eigenvalue weighted by molar-refractivity contribution is -0.141. The maximum atomic E-state index is 12.7. The monoisotopic (exact) mass is 370 g/mol. The summed E-state index contributed by atoms with van der Waals surface area (Å²) in [4.78, 5) is 36.1. The number of rotatable bonds is 6. The zero-order chi connectivity index (χ0) is 19.1. The van der Waals surface area contributed by atoms with Crippen LogP contribution in [0.15, 0.2) is 35.5 Å². The number of nitrogens with zero attached hydrogens (tertiary/aromatic N) is 2. The van der Waals surface area contributed by atoms with Crippen molar-refractivity contribution >= 4 is 24.0 Å². The zero-order valence-electron chi connectivity index (χ0n) is 14.6. The van der Waals surface area contributed by atoms with Gasteiger partial charge in [0.2, 0.25) is 0 Å². The van der Waals surface area contributed by atoms with Crippen LogP contribution in [0.2, 0.25) is 0 Å².